The van der Waals surface area contributed by atoms with Gasteiger partial charge in [-0.3, -0.25) is 0 Å². The summed E-state index contributed by atoms with van der Waals surface area (Å²) < 4.78 is 5.47. The third kappa shape index (κ3) is 2.78. The normalized spacial score (nSPS) is 27.6. The highest BCUT2D eigenvalue weighted by Crippen LogP contribution is 2.29. The molecule has 1 aliphatic rings. The van der Waals surface area contributed by atoms with E-state index in [1.54, 1.807) is 6.26 Å². The molecule has 2 heteroatoms. The largest absolute Gasteiger partial charge is 0.498 e. The van der Waals surface area contributed by atoms with Crippen molar-refractivity contribution >= 4 is 11.8 Å². The van der Waals surface area contributed by atoms with Gasteiger partial charge < -0.3 is 4.74 Å². The van der Waals surface area contributed by atoms with Crippen molar-refractivity contribution in [2.24, 2.45) is 0 Å². The van der Waals surface area contributed by atoms with Gasteiger partial charge in [-0.15, -0.1) is 0 Å². The van der Waals surface area contributed by atoms with Crippen molar-refractivity contribution in [3.05, 3.63) is 12.3 Å². The van der Waals surface area contributed by atoms with Crippen molar-refractivity contribution in [3.63, 3.8) is 0 Å². The van der Waals surface area contributed by atoms with E-state index in [9.17, 15) is 0 Å². The van der Waals surface area contributed by atoms with Gasteiger partial charge in [0.25, 0.3) is 0 Å². The van der Waals surface area contributed by atoms with Crippen LogP contribution in [0.5, 0.6) is 0 Å². The van der Waals surface area contributed by atoms with Gasteiger partial charge in [-0.2, -0.15) is 11.8 Å². The molecule has 1 fully saturated rings. The van der Waals surface area contributed by atoms with Gasteiger partial charge in [-0.1, -0.05) is 6.08 Å². The van der Waals surface area contributed by atoms with Crippen LogP contribution in [0.1, 0.15) is 26.7 Å². The maximum absolute atomic E-state index is 5.47. The summed E-state index contributed by atoms with van der Waals surface area (Å²) in [6, 6.07) is 0. The van der Waals surface area contributed by atoms with Gasteiger partial charge >= 0.3 is 0 Å². The fourth-order valence-corrected chi connectivity index (χ4v) is 2.57. The molecule has 1 heterocycles. The third-order valence-corrected chi connectivity index (χ3v) is 3.49. The molecule has 64 valence electrons. The summed E-state index contributed by atoms with van der Waals surface area (Å²) in [5.74, 6) is 1.31. The molecule has 0 aromatic carbocycles. The Hall–Kier alpha value is -0.110. The summed E-state index contributed by atoms with van der Waals surface area (Å²) in [7, 11) is 0. The molecule has 0 spiro atoms. The van der Waals surface area contributed by atoms with Gasteiger partial charge in [-0.05, 0) is 32.4 Å². The summed E-state index contributed by atoms with van der Waals surface area (Å²) in [5, 5.41) is 0.728. The van der Waals surface area contributed by atoms with Crippen molar-refractivity contribution in [1.82, 2.24) is 0 Å². The predicted molar refractivity (Wildman–Crippen MR) is 50.8 cm³/mol. The van der Waals surface area contributed by atoms with E-state index in [4.69, 9.17) is 4.74 Å². The van der Waals surface area contributed by atoms with Crippen molar-refractivity contribution in [3.8, 4) is 0 Å². The predicted octanol–water partition coefficient (Wildman–Crippen LogP) is 2.82. The zero-order valence-electron chi connectivity index (χ0n) is 7.25. The molecule has 0 saturated carbocycles. The highest BCUT2D eigenvalue weighted by atomic mass is 32.2. The Balaban J connectivity index is 2.22. The molecule has 0 aromatic rings. The van der Waals surface area contributed by atoms with Crippen molar-refractivity contribution in [2.45, 2.75) is 38.0 Å². The Morgan fingerprint density at radius 1 is 1.64 bits per heavy atom. The molecule has 1 aliphatic heterocycles. The second-order valence-electron chi connectivity index (χ2n) is 2.86. The minimum absolute atomic E-state index is 0.388. The molecule has 1 saturated heterocycles. The van der Waals surface area contributed by atoms with Crippen LogP contribution in [0.2, 0.25) is 0 Å². The van der Waals surface area contributed by atoms with Crippen LogP contribution in [0.25, 0.3) is 0 Å². The van der Waals surface area contributed by atoms with E-state index in [0.717, 1.165) is 5.25 Å². The van der Waals surface area contributed by atoms with Crippen LogP contribution >= 0.6 is 11.8 Å². The minimum Gasteiger partial charge on any atom is -0.498 e. The number of thioether (sulfide) groups is 1. The Bertz CT molecular complexity index is 128. The van der Waals surface area contributed by atoms with Gasteiger partial charge in [0.1, 0.15) is 6.10 Å². The molecule has 0 amide bonds. The molecule has 0 aromatic heterocycles. The monoisotopic (exact) mass is 172 g/mol. The molecule has 0 radical (unpaired) electrons. The summed E-state index contributed by atoms with van der Waals surface area (Å²) in [6.45, 7) is 4.14. The number of hydrogen-bond donors (Lipinski definition) is 0. The molecular weight excluding hydrogens is 156 g/mol. The first-order valence-electron chi connectivity index (χ1n) is 4.23. The Morgan fingerprint density at radius 3 is 3.00 bits per heavy atom. The van der Waals surface area contributed by atoms with E-state index in [1.165, 1.54) is 18.6 Å². The first-order chi connectivity index (χ1) is 5.34. The molecule has 2 atom stereocenters. The van der Waals surface area contributed by atoms with Gasteiger partial charge in [0.2, 0.25) is 0 Å². The van der Waals surface area contributed by atoms with Gasteiger partial charge in [0.15, 0.2) is 0 Å². The topological polar surface area (TPSA) is 9.23 Å². The Labute approximate surface area is 73.2 Å². The summed E-state index contributed by atoms with van der Waals surface area (Å²) >= 11 is 2.04. The maximum Gasteiger partial charge on any atom is 0.107 e. The Kier molecular flexibility index (Phi) is 3.84. The first-order valence-corrected chi connectivity index (χ1v) is 5.27. The Morgan fingerprint density at radius 2 is 2.45 bits per heavy atom. The maximum atomic E-state index is 5.47. The fraction of sp³-hybridized carbons (Fsp3) is 0.778. The van der Waals surface area contributed by atoms with E-state index < -0.39 is 0 Å². The lowest BCUT2D eigenvalue weighted by Gasteiger charge is -2.17. The zero-order valence-corrected chi connectivity index (χ0v) is 8.06. The van der Waals surface area contributed by atoms with Crippen LogP contribution in [-0.4, -0.2) is 17.1 Å². The van der Waals surface area contributed by atoms with Crippen LogP contribution in [-0.2, 0) is 4.74 Å². The van der Waals surface area contributed by atoms with Crippen molar-refractivity contribution in [1.29, 1.82) is 0 Å². The van der Waals surface area contributed by atoms with E-state index in [0.29, 0.717) is 6.10 Å². The van der Waals surface area contributed by atoms with Gasteiger partial charge in [-0.25, -0.2) is 0 Å². The lowest BCUT2D eigenvalue weighted by molar-refractivity contribution is 0.157. The van der Waals surface area contributed by atoms with Crippen LogP contribution in [0.15, 0.2) is 12.3 Å². The van der Waals surface area contributed by atoms with Crippen molar-refractivity contribution < 1.29 is 4.74 Å². The lowest BCUT2D eigenvalue weighted by atomic mass is 10.2. The summed E-state index contributed by atoms with van der Waals surface area (Å²) in [5.41, 5.74) is 0. The standard InChI is InChI=1S/C9H16OS/c1-3-6-10-8(2)9-5-4-7-11-9/h3,6,8-9H,4-5,7H2,1-2H3/b6-3+. The fourth-order valence-electron chi connectivity index (χ4n) is 1.26. The molecular formula is C9H16OS. The minimum atomic E-state index is 0.388. The summed E-state index contributed by atoms with van der Waals surface area (Å²) in [6.07, 6.45) is 6.81. The van der Waals surface area contributed by atoms with Crippen LogP contribution < -0.4 is 0 Å². The van der Waals surface area contributed by atoms with Gasteiger partial charge in [0.05, 0.1) is 6.26 Å². The van der Waals surface area contributed by atoms with E-state index in [2.05, 4.69) is 6.92 Å². The summed E-state index contributed by atoms with van der Waals surface area (Å²) in [4.78, 5) is 0. The highest BCUT2D eigenvalue weighted by molar-refractivity contribution is 8.00. The van der Waals surface area contributed by atoms with Crippen LogP contribution in [0.3, 0.4) is 0 Å². The molecule has 11 heavy (non-hydrogen) atoms. The molecule has 1 rings (SSSR count). The first kappa shape index (κ1) is 8.98. The van der Waals surface area contributed by atoms with Crippen LogP contribution in [0, 0.1) is 0 Å². The van der Waals surface area contributed by atoms with Crippen molar-refractivity contribution in [2.75, 3.05) is 5.75 Å². The molecule has 0 aliphatic carbocycles. The molecule has 1 nitrogen and oxygen atoms in total. The molecule has 2 unspecified atom stereocenters. The third-order valence-electron chi connectivity index (χ3n) is 1.92. The SMILES string of the molecule is C/C=C/OC(C)C1CCCS1. The van der Waals surface area contributed by atoms with Crippen LogP contribution in [0.4, 0.5) is 0 Å². The van der Waals surface area contributed by atoms with E-state index in [1.807, 2.05) is 24.8 Å². The number of rotatable bonds is 3. The highest BCUT2D eigenvalue weighted by Gasteiger charge is 2.22. The van der Waals surface area contributed by atoms with E-state index in [-0.39, 0.29) is 0 Å². The second-order valence-corrected chi connectivity index (χ2v) is 4.21. The van der Waals surface area contributed by atoms with E-state index >= 15 is 0 Å². The second kappa shape index (κ2) is 4.70. The molecule has 0 bridgehead atoms. The average Bonchev–Trinajstić information content (AvgIpc) is 2.52. The number of hydrogen-bond acceptors (Lipinski definition) is 2. The average molecular weight is 172 g/mol. The molecule has 0 N–H and O–H groups in total. The number of ether oxygens (including phenoxy) is 1. The lowest BCUT2D eigenvalue weighted by Crippen LogP contribution is -2.18. The quantitative estimate of drug-likeness (QED) is 0.605. The smallest absolute Gasteiger partial charge is 0.107 e. The van der Waals surface area contributed by atoms with Gasteiger partial charge in [0, 0.05) is 5.25 Å². The zero-order chi connectivity index (χ0) is 8.10. The number of allylic oxidation sites excluding steroid dienone is 1.